The monoisotopic (exact) mass is 207 g/mol. The highest BCUT2D eigenvalue weighted by atomic mass is 19.1. The molecule has 0 amide bonds. The lowest BCUT2D eigenvalue weighted by Crippen LogP contribution is -2.45. The summed E-state index contributed by atoms with van der Waals surface area (Å²) in [7, 11) is 0. The normalized spacial score (nSPS) is 29.3. The smallest absolute Gasteiger partial charge is 0.123 e. The molecule has 2 rings (SSSR count). The minimum Gasteiger partial charge on any atom is -0.321 e. The molecule has 1 aromatic carbocycles. The highest BCUT2D eigenvalue weighted by Gasteiger charge is 2.46. The van der Waals surface area contributed by atoms with Crippen molar-refractivity contribution in [2.45, 2.75) is 38.6 Å². The van der Waals surface area contributed by atoms with Crippen molar-refractivity contribution in [3.63, 3.8) is 0 Å². The van der Waals surface area contributed by atoms with E-state index in [1.54, 1.807) is 12.1 Å². The third kappa shape index (κ3) is 1.57. The van der Waals surface area contributed by atoms with Crippen LogP contribution in [0.5, 0.6) is 0 Å². The van der Waals surface area contributed by atoms with Crippen molar-refractivity contribution in [1.82, 2.24) is 0 Å². The average Bonchev–Trinajstić information content (AvgIpc) is 2.43. The summed E-state index contributed by atoms with van der Waals surface area (Å²) in [5.41, 5.74) is 7.09. The van der Waals surface area contributed by atoms with Gasteiger partial charge in [0.1, 0.15) is 5.82 Å². The molecule has 1 aliphatic rings. The van der Waals surface area contributed by atoms with Gasteiger partial charge in [0, 0.05) is 5.54 Å². The molecule has 0 aliphatic heterocycles. The summed E-state index contributed by atoms with van der Waals surface area (Å²) in [5, 5.41) is 0. The van der Waals surface area contributed by atoms with E-state index in [2.05, 4.69) is 13.8 Å². The molecule has 0 bridgehead atoms. The molecule has 0 spiro atoms. The first kappa shape index (κ1) is 10.6. The van der Waals surface area contributed by atoms with Crippen LogP contribution in [-0.2, 0) is 5.54 Å². The second-order valence-electron chi connectivity index (χ2n) is 5.22. The predicted molar refractivity (Wildman–Crippen MR) is 59.9 cm³/mol. The van der Waals surface area contributed by atoms with Gasteiger partial charge in [-0.15, -0.1) is 0 Å². The van der Waals surface area contributed by atoms with Gasteiger partial charge in [0.25, 0.3) is 0 Å². The van der Waals surface area contributed by atoms with Crippen molar-refractivity contribution in [1.29, 1.82) is 0 Å². The first-order chi connectivity index (χ1) is 6.96. The SMILES string of the molecule is CC1(C)CCCC1(N)c1cccc(F)c1. The fourth-order valence-electron chi connectivity index (χ4n) is 2.67. The van der Waals surface area contributed by atoms with Gasteiger partial charge in [0.2, 0.25) is 0 Å². The summed E-state index contributed by atoms with van der Waals surface area (Å²) in [6.45, 7) is 4.34. The Hall–Kier alpha value is -0.890. The highest BCUT2D eigenvalue weighted by molar-refractivity contribution is 5.28. The van der Waals surface area contributed by atoms with E-state index in [1.807, 2.05) is 6.07 Å². The molecular weight excluding hydrogens is 189 g/mol. The molecule has 1 aromatic rings. The van der Waals surface area contributed by atoms with Crippen LogP contribution in [0.15, 0.2) is 24.3 Å². The van der Waals surface area contributed by atoms with E-state index in [0.717, 1.165) is 24.8 Å². The van der Waals surface area contributed by atoms with Gasteiger partial charge in [-0.1, -0.05) is 32.4 Å². The second kappa shape index (κ2) is 3.31. The lowest BCUT2D eigenvalue weighted by molar-refractivity contribution is 0.210. The molecule has 1 unspecified atom stereocenters. The van der Waals surface area contributed by atoms with Crippen molar-refractivity contribution < 1.29 is 4.39 Å². The lowest BCUT2D eigenvalue weighted by Gasteiger charge is -2.38. The Balaban J connectivity index is 2.45. The molecule has 2 heteroatoms. The van der Waals surface area contributed by atoms with Crippen LogP contribution in [0.3, 0.4) is 0 Å². The lowest BCUT2D eigenvalue weighted by atomic mass is 9.71. The van der Waals surface area contributed by atoms with Crippen LogP contribution in [-0.4, -0.2) is 0 Å². The van der Waals surface area contributed by atoms with E-state index in [0.29, 0.717) is 0 Å². The number of benzene rings is 1. The number of hydrogen-bond acceptors (Lipinski definition) is 1. The molecular formula is C13H18FN. The Morgan fingerprint density at radius 1 is 1.27 bits per heavy atom. The van der Waals surface area contributed by atoms with Crippen molar-refractivity contribution in [3.05, 3.63) is 35.6 Å². The quantitative estimate of drug-likeness (QED) is 0.752. The van der Waals surface area contributed by atoms with Crippen LogP contribution in [0.4, 0.5) is 4.39 Å². The number of rotatable bonds is 1. The molecule has 1 atom stereocenters. The summed E-state index contributed by atoms with van der Waals surface area (Å²) < 4.78 is 13.2. The zero-order valence-electron chi connectivity index (χ0n) is 9.39. The number of halogens is 1. The predicted octanol–water partition coefficient (Wildman–Crippen LogP) is 3.19. The van der Waals surface area contributed by atoms with Gasteiger partial charge in [-0.25, -0.2) is 4.39 Å². The Bertz CT molecular complexity index is 373. The van der Waals surface area contributed by atoms with E-state index in [9.17, 15) is 4.39 Å². The van der Waals surface area contributed by atoms with Crippen LogP contribution < -0.4 is 5.73 Å². The molecule has 2 N–H and O–H groups in total. The van der Waals surface area contributed by atoms with Gasteiger partial charge in [-0.2, -0.15) is 0 Å². The number of nitrogens with two attached hydrogens (primary N) is 1. The van der Waals surface area contributed by atoms with Gasteiger partial charge in [0.05, 0.1) is 0 Å². The Kier molecular flexibility index (Phi) is 2.34. The standard InChI is InChI=1S/C13H18FN/c1-12(2)7-4-8-13(12,15)10-5-3-6-11(14)9-10/h3,5-6,9H,4,7-8,15H2,1-2H3. The maximum atomic E-state index is 13.2. The van der Waals surface area contributed by atoms with Crippen molar-refractivity contribution in [2.75, 3.05) is 0 Å². The first-order valence-electron chi connectivity index (χ1n) is 5.51. The van der Waals surface area contributed by atoms with Crippen LogP contribution in [0.1, 0.15) is 38.7 Å². The number of hydrogen-bond donors (Lipinski definition) is 1. The van der Waals surface area contributed by atoms with Crippen molar-refractivity contribution >= 4 is 0 Å². The van der Waals surface area contributed by atoms with Crippen LogP contribution in [0.25, 0.3) is 0 Å². The summed E-state index contributed by atoms with van der Waals surface area (Å²) in [4.78, 5) is 0. The average molecular weight is 207 g/mol. The summed E-state index contributed by atoms with van der Waals surface area (Å²) >= 11 is 0. The van der Waals surface area contributed by atoms with E-state index >= 15 is 0 Å². The fraction of sp³-hybridized carbons (Fsp3) is 0.538. The molecule has 1 saturated carbocycles. The van der Waals surface area contributed by atoms with Crippen LogP contribution in [0, 0.1) is 11.2 Å². The van der Waals surface area contributed by atoms with Crippen LogP contribution >= 0.6 is 0 Å². The Morgan fingerprint density at radius 2 is 2.00 bits per heavy atom. The van der Waals surface area contributed by atoms with E-state index in [-0.39, 0.29) is 16.8 Å². The van der Waals surface area contributed by atoms with Gasteiger partial charge in [-0.3, -0.25) is 0 Å². The summed E-state index contributed by atoms with van der Waals surface area (Å²) in [6, 6.07) is 6.73. The van der Waals surface area contributed by atoms with Crippen LogP contribution in [0.2, 0.25) is 0 Å². The third-order valence-corrected chi connectivity index (χ3v) is 3.92. The topological polar surface area (TPSA) is 26.0 Å². The van der Waals surface area contributed by atoms with E-state index < -0.39 is 0 Å². The van der Waals surface area contributed by atoms with E-state index in [1.165, 1.54) is 6.07 Å². The molecule has 0 aromatic heterocycles. The molecule has 1 aliphatic carbocycles. The molecule has 82 valence electrons. The van der Waals surface area contributed by atoms with E-state index in [4.69, 9.17) is 5.73 Å². The molecule has 15 heavy (non-hydrogen) atoms. The fourth-order valence-corrected chi connectivity index (χ4v) is 2.67. The van der Waals surface area contributed by atoms with Gasteiger partial charge >= 0.3 is 0 Å². The minimum atomic E-state index is -0.366. The van der Waals surface area contributed by atoms with Gasteiger partial charge in [-0.05, 0) is 36.0 Å². The van der Waals surface area contributed by atoms with Gasteiger partial charge < -0.3 is 5.73 Å². The molecule has 0 saturated heterocycles. The minimum absolute atomic E-state index is 0.0563. The highest BCUT2D eigenvalue weighted by Crippen LogP contribution is 2.50. The zero-order chi connectivity index (χ0) is 11.1. The third-order valence-electron chi connectivity index (χ3n) is 3.92. The molecule has 0 radical (unpaired) electrons. The molecule has 1 nitrogen and oxygen atoms in total. The zero-order valence-corrected chi connectivity index (χ0v) is 9.39. The largest absolute Gasteiger partial charge is 0.321 e. The van der Waals surface area contributed by atoms with Gasteiger partial charge in [0.15, 0.2) is 0 Å². The molecule has 1 fully saturated rings. The van der Waals surface area contributed by atoms with Crippen molar-refractivity contribution in [3.8, 4) is 0 Å². The maximum Gasteiger partial charge on any atom is 0.123 e. The second-order valence-corrected chi connectivity index (χ2v) is 5.22. The maximum absolute atomic E-state index is 13.2. The Labute approximate surface area is 90.5 Å². The Morgan fingerprint density at radius 3 is 2.53 bits per heavy atom. The molecule has 0 heterocycles. The summed E-state index contributed by atoms with van der Waals surface area (Å²) in [5.74, 6) is -0.194. The summed E-state index contributed by atoms with van der Waals surface area (Å²) in [6.07, 6.45) is 3.18. The first-order valence-corrected chi connectivity index (χ1v) is 5.51. The van der Waals surface area contributed by atoms with Crippen molar-refractivity contribution in [2.24, 2.45) is 11.1 Å².